The molecule has 0 aliphatic heterocycles. The summed E-state index contributed by atoms with van der Waals surface area (Å²) in [5, 5.41) is 0. The number of hydrogen-bond acceptors (Lipinski definition) is 5. The summed E-state index contributed by atoms with van der Waals surface area (Å²) < 4.78 is 34.3. The second kappa shape index (κ2) is 10.3. The van der Waals surface area contributed by atoms with Gasteiger partial charge in [0.05, 0.1) is 12.4 Å². The van der Waals surface area contributed by atoms with Crippen molar-refractivity contribution in [3.63, 3.8) is 0 Å². The van der Waals surface area contributed by atoms with E-state index in [1.54, 1.807) is 12.1 Å². The Hall–Kier alpha value is -1.56. The monoisotopic (exact) mass is 342 g/mol. The van der Waals surface area contributed by atoms with Crippen LogP contribution in [0.2, 0.25) is 0 Å². The van der Waals surface area contributed by atoms with Crippen LogP contribution >= 0.6 is 0 Å². The summed E-state index contributed by atoms with van der Waals surface area (Å²) in [6.07, 6.45) is 5.35. The number of carbonyl (C=O) groups excluding carboxylic acids is 1. The predicted molar refractivity (Wildman–Crippen MR) is 90.2 cm³/mol. The van der Waals surface area contributed by atoms with Crippen LogP contribution in [-0.4, -0.2) is 26.7 Å². The summed E-state index contributed by atoms with van der Waals surface area (Å²) in [7, 11) is -3.71. The van der Waals surface area contributed by atoms with Gasteiger partial charge in [0.25, 0.3) is 0 Å². The Morgan fingerprint density at radius 1 is 1.00 bits per heavy atom. The average Bonchev–Trinajstić information content (AvgIpc) is 2.52. The van der Waals surface area contributed by atoms with E-state index in [0.29, 0.717) is 12.8 Å². The summed E-state index contributed by atoms with van der Waals surface area (Å²) in [5.41, 5.74) is 0.135. The van der Waals surface area contributed by atoms with E-state index in [9.17, 15) is 13.2 Å². The number of unbranched alkanes of at least 4 members (excludes halogenated alkanes) is 4. The van der Waals surface area contributed by atoms with E-state index in [0.717, 1.165) is 25.7 Å². The largest absolute Gasteiger partial charge is 0.462 e. The first-order valence-electron chi connectivity index (χ1n) is 8.18. The van der Waals surface area contributed by atoms with Gasteiger partial charge in [-0.3, -0.25) is 0 Å². The summed E-state index contributed by atoms with van der Waals surface area (Å²) in [6, 6.07) is 6.25. The quantitative estimate of drug-likeness (QED) is 0.346. The molecule has 130 valence electrons. The molecule has 0 radical (unpaired) electrons. The smallest absolute Gasteiger partial charge is 0.341 e. The number of esters is 1. The predicted octanol–water partition coefficient (Wildman–Crippen LogP) is 3.93. The van der Waals surface area contributed by atoms with Gasteiger partial charge in [0.2, 0.25) is 0 Å². The van der Waals surface area contributed by atoms with E-state index in [1.807, 2.05) is 6.92 Å². The highest BCUT2D eigenvalue weighted by Crippen LogP contribution is 2.21. The zero-order chi connectivity index (χ0) is 17.1. The van der Waals surface area contributed by atoms with Gasteiger partial charge in [0, 0.05) is 0 Å². The Bertz CT molecular complexity index is 580. The molecule has 0 aromatic heterocycles. The molecule has 23 heavy (non-hydrogen) atoms. The number of carbonyl (C=O) groups is 1. The number of hydrogen-bond donors (Lipinski definition) is 0. The van der Waals surface area contributed by atoms with Crippen molar-refractivity contribution < 1.29 is 22.1 Å². The number of benzene rings is 1. The lowest BCUT2D eigenvalue weighted by molar-refractivity contribution is 0.0503. The molecule has 5 nitrogen and oxygen atoms in total. The van der Waals surface area contributed by atoms with Crippen LogP contribution in [0.4, 0.5) is 0 Å². The number of para-hydroxylation sites is 1. The van der Waals surface area contributed by atoms with Crippen molar-refractivity contribution >= 4 is 16.1 Å². The fourth-order valence-corrected chi connectivity index (χ4v) is 3.10. The lowest BCUT2D eigenvalue weighted by Crippen LogP contribution is -2.16. The van der Waals surface area contributed by atoms with Crippen molar-refractivity contribution in [1.29, 1.82) is 0 Å². The average molecular weight is 342 g/mol. The van der Waals surface area contributed by atoms with Crippen molar-refractivity contribution in [3.8, 4) is 5.75 Å². The van der Waals surface area contributed by atoms with Gasteiger partial charge in [0.15, 0.2) is 5.75 Å². The van der Waals surface area contributed by atoms with E-state index in [1.165, 1.54) is 12.1 Å². The summed E-state index contributed by atoms with van der Waals surface area (Å²) in [4.78, 5) is 11.9. The van der Waals surface area contributed by atoms with Crippen LogP contribution in [0, 0.1) is 0 Å². The van der Waals surface area contributed by atoms with Crippen LogP contribution in [-0.2, 0) is 14.9 Å². The maximum Gasteiger partial charge on any atom is 0.341 e. The van der Waals surface area contributed by atoms with Crippen molar-refractivity contribution in [2.24, 2.45) is 0 Å². The van der Waals surface area contributed by atoms with Gasteiger partial charge < -0.3 is 8.92 Å². The Morgan fingerprint density at radius 2 is 1.70 bits per heavy atom. The van der Waals surface area contributed by atoms with E-state index >= 15 is 0 Å². The maximum atomic E-state index is 12.0. The second-order valence-electron chi connectivity index (χ2n) is 5.39. The fourth-order valence-electron chi connectivity index (χ4n) is 2.04. The fraction of sp³-hybridized carbons (Fsp3) is 0.588. The highest BCUT2D eigenvalue weighted by atomic mass is 32.2. The first-order chi connectivity index (χ1) is 11.0. The first kappa shape index (κ1) is 19.5. The van der Waals surface area contributed by atoms with Crippen LogP contribution in [0.3, 0.4) is 0 Å². The molecule has 0 saturated carbocycles. The lowest BCUT2D eigenvalue weighted by atomic mass is 10.2. The standard InChI is InChI=1S/C17H26O5S/c1-3-5-6-7-10-14-23(19,20)22-16-12-9-8-11-15(16)17(18)21-13-4-2/h8-9,11-12H,3-7,10,13-14H2,1-2H3. The molecular weight excluding hydrogens is 316 g/mol. The highest BCUT2D eigenvalue weighted by Gasteiger charge is 2.19. The minimum absolute atomic E-state index is 0.0298. The highest BCUT2D eigenvalue weighted by molar-refractivity contribution is 7.87. The number of ether oxygens (including phenoxy) is 1. The molecule has 1 aromatic rings. The van der Waals surface area contributed by atoms with E-state index < -0.39 is 16.1 Å². The molecule has 0 amide bonds. The van der Waals surface area contributed by atoms with E-state index in [-0.39, 0.29) is 23.7 Å². The molecule has 0 aliphatic carbocycles. The molecule has 0 N–H and O–H groups in total. The molecule has 0 bridgehead atoms. The third kappa shape index (κ3) is 7.50. The van der Waals surface area contributed by atoms with Crippen LogP contribution in [0.5, 0.6) is 5.75 Å². The van der Waals surface area contributed by atoms with Crippen LogP contribution in [0.25, 0.3) is 0 Å². The minimum Gasteiger partial charge on any atom is -0.462 e. The zero-order valence-corrected chi connectivity index (χ0v) is 14.7. The second-order valence-corrected chi connectivity index (χ2v) is 7.08. The van der Waals surface area contributed by atoms with Crippen molar-refractivity contribution in [2.45, 2.75) is 52.4 Å². The summed E-state index contributed by atoms with van der Waals surface area (Å²) >= 11 is 0. The first-order valence-corrected chi connectivity index (χ1v) is 9.76. The van der Waals surface area contributed by atoms with Crippen LogP contribution in [0.15, 0.2) is 24.3 Å². The molecule has 1 aromatic carbocycles. The third-order valence-electron chi connectivity index (χ3n) is 3.26. The van der Waals surface area contributed by atoms with Gasteiger partial charge in [-0.2, -0.15) is 8.42 Å². The van der Waals surface area contributed by atoms with Gasteiger partial charge in [-0.05, 0) is 25.0 Å². The maximum absolute atomic E-state index is 12.0. The Morgan fingerprint density at radius 3 is 2.39 bits per heavy atom. The molecule has 0 unspecified atom stereocenters. The Labute approximate surface area is 139 Å². The summed E-state index contributed by atoms with van der Waals surface area (Å²) in [6.45, 7) is 4.28. The van der Waals surface area contributed by atoms with Gasteiger partial charge >= 0.3 is 16.1 Å². The number of rotatable bonds is 11. The molecule has 0 fully saturated rings. The Balaban J connectivity index is 2.66. The SMILES string of the molecule is CCCCCCCS(=O)(=O)Oc1ccccc1C(=O)OCCC. The molecule has 0 heterocycles. The molecular formula is C17H26O5S. The van der Waals surface area contributed by atoms with Crippen molar-refractivity contribution in [3.05, 3.63) is 29.8 Å². The van der Waals surface area contributed by atoms with Crippen LogP contribution in [0.1, 0.15) is 62.7 Å². The van der Waals surface area contributed by atoms with Crippen molar-refractivity contribution in [1.82, 2.24) is 0 Å². The zero-order valence-electron chi connectivity index (χ0n) is 13.9. The lowest BCUT2D eigenvalue weighted by Gasteiger charge is -2.11. The van der Waals surface area contributed by atoms with Gasteiger partial charge in [0.1, 0.15) is 5.56 Å². The normalized spacial score (nSPS) is 11.2. The molecule has 0 aliphatic rings. The molecule has 0 saturated heterocycles. The van der Waals surface area contributed by atoms with E-state index in [2.05, 4.69) is 6.92 Å². The van der Waals surface area contributed by atoms with Gasteiger partial charge in [-0.15, -0.1) is 0 Å². The van der Waals surface area contributed by atoms with E-state index in [4.69, 9.17) is 8.92 Å². The molecule has 6 heteroatoms. The third-order valence-corrected chi connectivity index (χ3v) is 4.48. The Kier molecular flexibility index (Phi) is 8.69. The van der Waals surface area contributed by atoms with Crippen LogP contribution < -0.4 is 4.18 Å². The van der Waals surface area contributed by atoms with Gasteiger partial charge in [-0.25, -0.2) is 4.79 Å². The molecule has 0 spiro atoms. The van der Waals surface area contributed by atoms with Gasteiger partial charge in [-0.1, -0.05) is 51.7 Å². The van der Waals surface area contributed by atoms with Crippen molar-refractivity contribution in [2.75, 3.05) is 12.4 Å². The molecule has 1 rings (SSSR count). The topological polar surface area (TPSA) is 69.7 Å². The molecule has 0 atom stereocenters. The minimum atomic E-state index is -3.71. The summed E-state index contributed by atoms with van der Waals surface area (Å²) in [5.74, 6) is -0.586.